The van der Waals surface area contributed by atoms with Gasteiger partial charge in [0.1, 0.15) is 6.54 Å². The van der Waals surface area contributed by atoms with E-state index in [4.69, 9.17) is 5.11 Å². The third-order valence-corrected chi connectivity index (χ3v) is 4.29. The Morgan fingerprint density at radius 2 is 1.13 bits per heavy atom. The molecule has 0 aromatic rings. The van der Waals surface area contributed by atoms with Gasteiger partial charge in [0.2, 0.25) is 5.91 Å². The van der Waals surface area contributed by atoms with Crippen LogP contribution < -0.4 is 0 Å². The van der Waals surface area contributed by atoms with E-state index in [9.17, 15) is 9.59 Å². The molecular formula is C19H37NO3. The second-order valence-electron chi connectivity index (χ2n) is 6.64. The molecule has 0 saturated carbocycles. The molecule has 0 aliphatic carbocycles. The van der Waals surface area contributed by atoms with Gasteiger partial charge in [-0.15, -0.1) is 0 Å². The molecule has 0 heterocycles. The first-order chi connectivity index (χ1) is 11.1. The molecule has 0 bridgehead atoms. The van der Waals surface area contributed by atoms with Gasteiger partial charge in [-0.1, -0.05) is 84.0 Å². The average molecular weight is 328 g/mol. The molecule has 0 aromatic heterocycles. The molecular weight excluding hydrogens is 290 g/mol. The molecule has 4 nitrogen and oxygen atoms in total. The zero-order valence-corrected chi connectivity index (χ0v) is 15.3. The standard InChI is InChI=1S/C19H37NO3/c1-3-4-5-6-7-8-9-10-11-12-13-14-15-16-18(21)20(2)17-19(22)23/h3-17H2,1-2H3,(H,22,23). The van der Waals surface area contributed by atoms with E-state index in [1.807, 2.05) is 0 Å². The number of likely N-dealkylation sites (N-methyl/N-ethyl adjacent to an activating group) is 1. The van der Waals surface area contributed by atoms with Gasteiger partial charge in [-0.3, -0.25) is 9.59 Å². The Morgan fingerprint density at radius 1 is 0.739 bits per heavy atom. The molecule has 4 heteroatoms. The number of rotatable bonds is 16. The maximum Gasteiger partial charge on any atom is 0.323 e. The van der Waals surface area contributed by atoms with Gasteiger partial charge in [0, 0.05) is 13.5 Å². The minimum atomic E-state index is -0.953. The summed E-state index contributed by atoms with van der Waals surface area (Å²) >= 11 is 0. The van der Waals surface area contributed by atoms with Crippen LogP contribution in [0.5, 0.6) is 0 Å². The summed E-state index contributed by atoms with van der Waals surface area (Å²) in [5.74, 6) is -1.01. The minimum Gasteiger partial charge on any atom is -0.480 e. The first-order valence-electron chi connectivity index (χ1n) is 9.53. The van der Waals surface area contributed by atoms with E-state index in [0.29, 0.717) is 6.42 Å². The van der Waals surface area contributed by atoms with Gasteiger partial charge in [0.15, 0.2) is 0 Å². The van der Waals surface area contributed by atoms with Crippen molar-refractivity contribution in [2.45, 2.75) is 96.8 Å². The molecule has 0 fully saturated rings. The molecule has 0 rings (SSSR count). The Balaban J connectivity index is 3.24. The first kappa shape index (κ1) is 21.9. The van der Waals surface area contributed by atoms with E-state index in [2.05, 4.69) is 6.92 Å². The van der Waals surface area contributed by atoms with Gasteiger partial charge in [-0.25, -0.2) is 0 Å². The molecule has 0 atom stereocenters. The molecule has 0 aromatic carbocycles. The number of hydrogen-bond acceptors (Lipinski definition) is 2. The Labute approximate surface area is 142 Å². The van der Waals surface area contributed by atoms with Crippen LogP contribution in [-0.2, 0) is 9.59 Å². The summed E-state index contributed by atoms with van der Waals surface area (Å²) in [6.45, 7) is 2.06. The molecule has 0 radical (unpaired) electrons. The van der Waals surface area contributed by atoms with Crippen molar-refractivity contribution in [1.29, 1.82) is 0 Å². The number of carbonyl (C=O) groups is 2. The Hall–Kier alpha value is -1.06. The third-order valence-electron chi connectivity index (χ3n) is 4.29. The smallest absolute Gasteiger partial charge is 0.323 e. The summed E-state index contributed by atoms with van der Waals surface area (Å²) in [5, 5.41) is 8.62. The highest BCUT2D eigenvalue weighted by molar-refractivity contribution is 5.80. The largest absolute Gasteiger partial charge is 0.480 e. The van der Waals surface area contributed by atoms with Crippen molar-refractivity contribution in [3.8, 4) is 0 Å². The number of amides is 1. The van der Waals surface area contributed by atoms with Crippen molar-refractivity contribution in [1.82, 2.24) is 4.90 Å². The van der Waals surface area contributed by atoms with E-state index in [-0.39, 0.29) is 12.5 Å². The number of aliphatic carboxylic acids is 1. The molecule has 0 unspecified atom stereocenters. The van der Waals surface area contributed by atoms with Crippen molar-refractivity contribution >= 4 is 11.9 Å². The lowest BCUT2D eigenvalue weighted by Crippen LogP contribution is -2.31. The first-order valence-corrected chi connectivity index (χ1v) is 9.53. The summed E-state index contributed by atoms with van der Waals surface area (Å²) < 4.78 is 0. The van der Waals surface area contributed by atoms with Crippen LogP contribution in [0.4, 0.5) is 0 Å². The topological polar surface area (TPSA) is 57.6 Å². The summed E-state index contributed by atoms with van der Waals surface area (Å²) in [6.07, 6.45) is 17.2. The van der Waals surface area contributed by atoms with E-state index in [1.165, 1.54) is 75.5 Å². The van der Waals surface area contributed by atoms with Crippen LogP contribution in [0.15, 0.2) is 0 Å². The Kier molecular flexibility index (Phi) is 15.1. The highest BCUT2D eigenvalue weighted by atomic mass is 16.4. The third kappa shape index (κ3) is 15.6. The maximum atomic E-state index is 11.6. The van der Waals surface area contributed by atoms with E-state index in [1.54, 1.807) is 7.05 Å². The van der Waals surface area contributed by atoms with Crippen LogP contribution in [0.25, 0.3) is 0 Å². The number of carboxylic acid groups (broad SMARTS) is 1. The maximum absolute atomic E-state index is 11.6. The lowest BCUT2D eigenvalue weighted by Gasteiger charge is -2.14. The summed E-state index contributed by atoms with van der Waals surface area (Å²) in [7, 11) is 1.55. The van der Waals surface area contributed by atoms with Crippen LogP contribution >= 0.6 is 0 Å². The highest BCUT2D eigenvalue weighted by Crippen LogP contribution is 2.13. The van der Waals surface area contributed by atoms with E-state index in [0.717, 1.165) is 12.8 Å². The van der Waals surface area contributed by atoms with Crippen LogP contribution in [0.1, 0.15) is 96.8 Å². The van der Waals surface area contributed by atoms with Gasteiger partial charge >= 0.3 is 5.97 Å². The number of hydrogen-bond donors (Lipinski definition) is 1. The van der Waals surface area contributed by atoms with Gasteiger partial charge in [-0.05, 0) is 6.42 Å². The van der Waals surface area contributed by atoms with E-state index >= 15 is 0 Å². The molecule has 1 amide bonds. The number of nitrogens with zero attached hydrogens (tertiary/aromatic N) is 1. The fourth-order valence-corrected chi connectivity index (χ4v) is 2.78. The SMILES string of the molecule is CCCCCCCCCCCCCCCC(=O)N(C)CC(=O)O. The molecule has 136 valence electrons. The predicted molar refractivity (Wildman–Crippen MR) is 95.6 cm³/mol. The van der Waals surface area contributed by atoms with Crippen molar-refractivity contribution in [3.63, 3.8) is 0 Å². The molecule has 0 aliphatic rings. The van der Waals surface area contributed by atoms with Crippen molar-refractivity contribution in [3.05, 3.63) is 0 Å². The quantitative estimate of drug-likeness (QED) is 0.405. The van der Waals surface area contributed by atoms with E-state index < -0.39 is 5.97 Å². The molecule has 0 spiro atoms. The highest BCUT2D eigenvalue weighted by Gasteiger charge is 2.10. The summed E-state index contributed by atoms with van der Waals surface area (Å²) in [5.41, 5.74) is 0. The molecule has 0 aliphatic heterocycles. The zero-order chi connectivity index (χ0) is 17.3. The van der Waals surface area contributed by atoms with Gasteiger partial charge in [-0.2, -0.15) is 0 Å². The number of unbranched alkanes of at least 4 members (excludes halogenated alkanes) is 12. The summed E-state index contributed by atoms with van der Waals surface area (Å²) in [4.78, 5) is 23.4. The van der Waals surface area contributed by atoms with Crippen LogP contribution in [0.2, 0.25) is 0 Å². The van der Waals surface area contributed by atoms with Gasteiger partial charge < -0.3 is 10.0 Å². The second-order valence-corrected chi connectivity index (χ2v) is 6.64. The average Bonchev–Trinajstić information content (AvgIpc) is 2.51. The zero-order valence-electron chi connectivity index (χ0n) is 15.3. The minimum absolute atomic E-state index is 0.0597. The molecule has 1 N–H and O–H groups in total. The monoisotopic (exact) mass is 327 g/mol. The van der Waals surface area contributed by atoms with Crippen molar-refractivity contribution in [2.75, 3.05) is 13.6 Å². The second kappa shape index (κ2) is 15.8. The fourth-order valence-electron chi connectivity index (χ4n) is 2.78. The lowest BCUT2D eigenvalue weighted by atomic mass is 10.0. The van der Waals surface area contributed by atoms with Crippen LogP contribution in [0, 0.1) is 0 Å². The molecule has 23 heavy (non-hydrogen) atoms. The number of carboxylic acids is 1. The van der Waals surface area contributed by atoms with Crippen molar-refractivity contribution in [2.24, 2.45) is 0 Å². The lowest BCUT2D eigenvalue weighted by molar-refractivity contribution is -0.143. The number of carbonyl (C=O) groups excluding carboxylic acids is 1. The normalized spacial score (nSPS) is 10.7. The molecule has 0 saturated heterocycles. The Morgan fingerprint density at radius 3 is 1.52 bits per heavy atom. The van der Waals surface area contributed by atoms with Crippen LogP contribution in [0.3, 0.4) is 0 Å². The predicted octanol–water partition coefficient (Wildman–Crippen LogP) is 5.01. The van der Waals surface area contributed by atoms with Gasteiger partial charge in [0.25, 0.3) is 0 Å². The fraction of sp³-hybridized carbons (Fsp3) is 0.895. The van der Waals surface area contributed by atoms with Crippen molar-refractivity contribution < 1.29 is 14.7 Å². The van der Waals surface area contributed by atoms with Crippen LogP contribution in [-0.4, -0.2) is 35.5 Å². The Bertz CT molecular complexity index is 305. The van der Waals surface area contributed by atoms with Gasteiger partial charge in [0.05, 0.1) is 0 Å². The summed E-state index contributed by atoms with van der Waals surface area (Å²) in [6, 6.07) is 0.